The summed E-state index contributed by atoms with van der Waals surface area (Å²) in [6, 6.07) is 2.09. The van der Waals surface area contributed by atoms with Crippen molar-refractivity contribution < 1.29 is 0 Å². The van der Waals surface area contributed by atoms with Crippen molar-refractivity contribution in [3.05, 3.63) is 41.1 Å². The average Bonchev–Trinajstić information content (AvgIpc) is 2.97. The fourth-order valence-corrected chi connectivity index (χ4v) is 4.03. The molecule has 4 rings (SSSR count). The Kier molecular flexibility index (Phi) is 3.68. The largest absolute Gasteiger partial charge is 0.377 e. The molecule has 3 aromatic rings. The molecule has 0 aromatic carbocycles. The molecule has 128 valence electrons. The minimum absolute atomic E-state index is 0.0946. The molecule has 4 heterocycles. The Bertz CT molecular complexity index is 1090. The van der Waals surface area contributed by atoms with Crippen LogP contribution in [0.2, 0.25) is 0 Å². The topological polar surface area (TPSA) is 63.4 Å². The number of dihydropyridines is 1. The molecule has 0 aliphatic carbocycles. The summed E-state index contributed by atoms with van der Waals surface area (Å²) in [5, 5.41) is 0.930. The Hall–Kier alpha value is -2.54. The summed E-state index contributed by atoms with van der Waals surface area (Å²) in [5.74, 6) is 1.01. The second kappa shape index (κ2) is 5.77. The second-order valence-electron chi connectivity index (χ2n) is 6.55. The highest BCUT2D eigenvalue weighted by Gasteiger charge is 2.19. The first-order valence-corrected chi connectivity index (χ1v) is 9.01. The highest BCUT2D eigenvalue weighted by molar-refractivity contribution is 7.25. The highest BCUT2D eigenvalue weighted by atomic mass is 32.1. The number of pyridine rings is 1. The van der Waals surface area contributed by atoms with Gasteiger partial charge in [-0.3, -0.25) is 9.79 Å². The number of hydrogen-bond acceptors (Lipinski definition) is 6. The maximum absolute atomic E-state index is 13.0. The summed E-state index contributed by atoms with van der Waals surface area (Å²) in [5.41, 5.74) is 1.63. The monoisotopic (exact) mass is 353 g/mol. The standard InChI is InChI=1S/C18H19N5OS/c1-10-5-6-13(21-11(10)2)23-9-20-15-14-12(22(3)4)7-8-19-17(14)25-16(15)18(23)24/h5-11H,1-4H3. The van der Waals surface area contributed by atoms with E-state index >= 15 is 0 Å². The molecule has 0 spiro atoms. The third kappa shape index (κ3) is 2.46. The molecule has 0 bridgehead atoms. The zero-order chi connectivity index (χ0) is 17.7. The molecule has 25 heavy (non-hydrogen) atoms. The fraction of sp³-hybridized carbons (Fsp3) is 0.333. The summed E-state index contributed by atoms with van der Waals surface area (Å²) >= 11 is 1.39. The Morgan fingerprint density at radius 3 is 2.76 bits per heavy atom. The number of anilines is 1. The van der Waals surface area contributed by atoms with Crippen LogP contribution in [-0.2, 0) is 0 Å². The summed E-state index contributed by atoms with van der Waals surface area (Å²) in [7, 11) is 3.95. The average molecular weight is 353 g/mol. The lowest BCUT2D eigenvalue weighted by molar-refractivity contribution is 0.575. The molecule has 0 radical (unpaired) electrons. The lowest BCUT2D eigenvalue weighted by Crippen LogP contribution is -2.29. The minimum Gasteiger partial charge on any atom is -0.377 e. The summed E-state index contributed by atoms with van der Waals surface area (Å²) in [6.07, 6.45) is 7.33. The molecule has 0 saturated carbocycles. The molecule has 0 amide bonds. The van der Waals surface area contributed by atoms with Crippen LogP contribution in [0.15, 0.2) is 40.5 Å². The van der Waals surface area contributed by atoms with E-state index in [0.717, 1.165) is 15.9 Å². The smallest absolute Gasteiger partial charge is 0.277 e. The minimum atomic E-state index is -0.0946. The first-order chi connectivity index (χ1) is 12.0. The summed E-state index contributed by atoms with van der Waals surface area (Å²) in [6.45, 7) is 4.17. The van der Waals surface area contributed by atoms with Crippen LogP contribution in [0.1, 0.15) is 13.8 Å². The number of aromatic nitrogens is 3. The van der Waals surface area contributed by atoms with Crippen molar-refractivity contribution in [2.45, 2.75) is 19.9 Å². The van der Waals surface area contributed by atoms with Crippen molar-refractivity contribution in [2.24, 2.45) is 10.9 Å². The van der Waals surface area contributed by atoms with E-state index in [9.17, 15) is 4.79 Å². The van der Waals surface area contributed by atoms with Gasteiger partial charge in [0, 0.05) is 20.3 Å². The molecule has 1 aliphatic heterocycles. The molecule has 1 aliphatic rings. The quantitative estimate of drug-likeness (QED) is 0.675. The van der Waals surface area contributed by atoms with E-state index in [1.165, 1.54) is 15.9 Å². The van der Waals surface area contributed by atoms with Gasteiger partial charge in [-0.15, -0.1) is 11.3 Å². The maximum Gasteiger partial charge on any atom is 0.277 e. The van der Waals surface area contributed by atoms with E-state index < -0.39 is 0 Å². The van der Waals surface area contributed by atoms with Gasteiger partial charge in [0.15, 0.2) is 0 Å². The second-order valence-corrected chi connectivity index (χ2v) is 7.55. The van der Waals surface area contributed by atoms with Crippen LogP contribution in [0.4, 0.5) is 5.69 Å². The zero-order valence-corrected chi connectivity index (χ0v) is 15.4. The SMILES string of the molecule is CC1C=CC(n2cnc3c(sc4nccc(N(C)C)c43)c2=O)=NC1C. The van der Waals surface area contributed by atoms with E-state index in [0.29, 0.717) is 22.0 Å². The van der Waals surface area contributed by atoms with Crippen LogP contribution in [-0.4, -0.2) is 40.5 Å². The third-order valence-corrected chi connectivity index (χ3v) is 5.71. The number of thiophene rings is 1. The van der Waals surface area contributed by atoms with Crippen molar-refractivity contribution in [2.75, 3.05) is 19.0 Å². The molecule has 0 N–H and O–H groups in total. The maximum atomic E-state index is 13.0. The van der Waals surface area contributed by atoms with Gasteiger partial charge in [-0.1, -0.05) is 13.0 Å². The van der Waals surface area contributed by atoms with Crippen molar-refractivity contribution in [1.29, 1.82) is 0 Å². The molecule has 0 saturated heterocycles. The van der Waals surface area contributed by atoms with Crippen LogP contribution >= 0.6 is 11.3 Å². The molecule has 7 heteroatoms. The first-order valence-electron chi connectivity index (χ1n) is 8.20. The van der Waals surface area contributed by atoms with Crippen molar-refractivity contribution >= 4 is 43.3 Å². The van der Waals surface area contributed by atoms with Gasteiger partial charge in [0.25, 0.3) is 5.56 Å². The lowest BCUT2D eigenvalue weighted by atomic mass is 10.0. The van der Waals surface area contributed by atoms with Gasteiger partial charge < -0.3 is 4.90 Å². The van der Waals surface area contributed by atoms with Crippen molar-refractivity contribution in [3.63, 3.8) is 0 Å². The Morgan fingerprint density at radius 1 is 1.24 bits per heavy atom. The van der Waals surface area contributed by atoms with Crippen LogP contribution in [0.3, 0.4) is 0 Å². The van der Waals surface area contributed by atoms with E-state index in [1.807, 2.05) is 31.1 Å². The number of aliphatic imine (C=N–C) groups is 1. The van der Waals surface area contributed by atoms with Crippen LogP contribution in [0.5, 0.6) is 0 Å². The fourth-order valence-electron chi connectivity index (χ4n) is 2.98. The van der Waals surface area contributed by atoms with Crippen molar-refractivity contribution in [1.82, 2.24) is 14.5 Å². The van der Waals surface area contributed by atoms with Gasteiger partial charge in [0.1, 0.15) is 27.2 Å². The van der Waals surface area contributed by atoms with E-state index in [4.69, 9.17) is 0 Å². The number of rotatable bonds is 1. The van der Waals surface area contributed by atoms with E-state index in [1.54, 1.807) is 12.5 Å². The predicted octanol–water partition coefficient (Wildman–Crippen LogP) is 2.91. The normalized spacial score (nSPS) is 20.2. The van der Waals surface area contributed by atoms with E-state index in [2.05, 4.69) is 34.9 Å². The number of fused-ring (bicyclic) bond motifs is 3. The summed E-state index contributed by atoms with van der Waals surface area (Å²) in [4.78, 5) is 29.5. The van der Waals surface area contributed by atoms with Gasteiger partial charge in [0.05, 0.1) is 17.1 Å². The molecule has 2 atom stereocenters. The van der Waals surface area contributed by atoms with Gasteiger partial charge in [-0.05, 0) is 25.0 Å². The van der Waals surface area contributed by atoms with Gasteiger partial charge >= 0.3 is 0 Å². The van der Waals surface area contributed by atoms with Crippen LogP contribution in [0.25, 0.3) is 20.4 Å². The Balaban J connectivity index is 1.97. The Morgan fingerprint density at radius 2 is 2.04 bits per heavy atom. The molecule has 3 aromatic heterocycles. The molecular weight excluding hydrogens is 334 g/mol. The molecule has 2 unspecified atom stereocenters. The molecule has 0 fully saturated rings. The van der Waals surface area contributed by atoms with Gasteiger partial charge in [0.2, 0.25) is 0 Å². The highest BCUT2D eigenvalue weighted by Crippen LogP contribution is 2.35. The Labute approximate surface area is 149 Å². The number of allylic oxidation sites excluding steroid dienone is 1. The molecular formula is C18H19N5OS. The number of hydrogen-bond donors (Lipinski definition) is 0. The summed E-state index contributed by atoms with van der Waals surface area (Å²) < 4.78 is 2.15. The van der Waals surface area contributed by atoms with Crippen LogP contribution < -0.4 is 10.5 Å². The van der Waals surface area contributed by atoms with E-state index in [-0.39, 0.29) is 11.6 Å². The molecule has 6 nitrogen and oxygen atoms in total. The zero-order valence-electron chi connectivity index (χ0n) is 14.6. The van der Waals surface area contributed by atoms with Gasteiger partial charge in [-0.2, -0.15) is 0 Å². The van der Waals surface area contributed by atoms with Crippen LogP contribution in [0, 0.1) is 5.92 Å². The lowest BCUT2D eigenvalue weighted by Gasteiger charge is -2.19. The third-order valence-electron chi connectivity index (χ3n) is 4.63. The first kappa shape index (κ1) is 16.0. The predicted molar refractivity (Wildman–Crippen MR) is 104 cm³/mol. The van der Waals surface area contributed by atoms with Crippen molar-refractivity contribution in [3.8, 4) is 0 Å². The van der Waals surface area contributed by atoms with Gasteiger partial charge in [-0.25, -0.2) is 14.5 Å². The number of nitrogens with zero attached hydrogens (tertiary/aromatic N) is 5.